The molecule has 2 atom stereocenters. The summed E-state index contributed by atoms with van der Waals surface area (Å²) in [6.45, 7) is 0.511. The third-order valence-corrected chi connectivity index (χ3v) is 3.89. The third kappa shape index (κ3) is 3.50. The molecule has 0 aromatic heterocycles. The molecule has 0 bridgehead atoms. The number of rotatable bonds is 4. The molecule has 0 saturated heterocycles. The Hall–Kier alpha value is -2.04. The zero-order chi connectivity index (χ0) is 14.5. The number of benzene rings is 1. The molecule has 1 fully saturated rings. The first kappa shape index (κ1) is 14.4. The Kier molecular flexibility index (Phi) is 4.61. The summed E-state index contributed by atoms with van der Waals surface area (Å²) in [5, 5.41) is 11.9. The second-order valence-corrected chi connectivity index (χ2v) is 5.37. The van der Waals surface area contributed by atoms with Crippen LogP contribution in [-0.2, 0) is 4.79 Å². The van der Waals surface area contributed by atoms with Crippen LogP contribution in [0.1, 0.15) is 36.0 Å². The van der Waals surface area contributed by atoms with Crippen LogP contribution in [0.2, 0.25) is 0 Å². The lowest BCUT2D eigenvalue weighted by Gasteiger charge is -2.26. The number of para-hydroxylation sites is 1. The minimum Gasteiger partial charge on any atom is -0.481 e. The first-order valence-corrected chi connectivity index (χ1v) is 6.93. The van der Waals surface area contributed by atoms with E-state index in [2.05, 4.69) is 5.32 Å². The van der Waals surface area contributed by atoms with Crippen LogP contribution in [0.4, 0.5) is 5.69 Å². The van der Waals surface area contributed by atoms with Crippen molar-refractivity contribution < 1.29 is 14.7 Å². The summed E-state index contributed by atoms with van der Waals surface area (Å²) in [5.41, 5.74) is 6.68. The Morgan fingerprint density at radius 3 is 2.75 bits per heavy atom. The van der Waals surface area contributed by atoms with Gasteiger partial charge in [-0.05, 0) is 37.3 Å². The zero-order valence-corrected chi connectivity index (χ0v) is 11.3. The summed E-state index contributed by atoms with van der Waals surface area (Å²) in [6.07, 6.45) is 3.25. The van der Waals surface area contributed by atoms with Crippen molar-refractivity contribution in [2.45, 2.75) is 25.7 Å². The van der Waals surface area contributed by atoms with Crippen LogP contribution in [-0.4, -0.2) is 23.5 Å². The van der Waals surface area contributed by atoms with Gasteiger partial charge in [-0.15, -0.1) is 0 Å². The van der Waals surface area contributed by atoms with Crippen LogP contribution in [0.3, 0.4) is 0 Å². The molecule has 4 N–H and O–H groups in total. The van der Waals surface area contributed by atoms with Gasteiger partial charge in [-0.3, -0.25) is 9.59 Å². The van der Waals surface area contributed by atoms with E-state index in [1.807, 2.05) is 0 Å². The number of amides is 1. The van der Waals surface area contributed by atoms with Crippen molar-refractivity contribution in [3.05, 3.63) is 29.8 Å². The van der Waals surface area contributed by atoms with Crippen LogP contribution in [0.15, 0.2) is 24.3 Å². The maximum atomic E-state index is 12.0. The first-order valence-electron chi connectivity index (χ1n) is 6.93. The molecule has 0 radical (unpaired) electrons. The quantitative estimate of drug-likeness (QED) is 0.732. The lowest BCUT2D eigenvalue weighted by atomic mass is 9.81. The smallest absolute Gasteiger partial charge is 0.306 e. The summed E-state index contributed by atoms with van der Waals surface area (Å²) < 4.78 is 0. The van der Waals surface area contributed by atoms with E-state index in [0.29, 0.717) is 24.2 Å². The second kappa shape index (κ2) is 6.41. The SMILES string of the molecule is Nc1ccccc1C(=O)NCC1CCCC(C(=O)O)C1. The van der Waals surface area contributed by atoms with Crippen LogP contribution in [0.5, 0.6) is 0 Å². The number of hydrogen-bond donors (Lipinski definition) is 3. The van der Waals surface area contributed by atoms with Crippen molar-refractivity contribution in [1.82, 2.24) is 5.32 Å². The lowest BCUT2D eigenvalue weighted by molar-refractivity contribution is -0.143. The van der Waals surface area contributed by atoms with Gasteiger partial charge in [-0.25, -0.2) is 0 Å². The number of carboxylic acids is 1. The number of aliphatic carboxylic acids is 1. The maximum absolute atomic E-state index is 12.0. The Morgan fingerprint density at radius 1 is 1.30 bits per heavy atom. The molecule has 2 rings (SSSR count). The van der Waals surface area contributed by atoms with Gasteiger partial charge in [0.25, 0.3) is 5.91 Å². The topological polar surface area (TPSA) is 92.4 Å². The fraction of sp³-hybridized carbons (Fsp3) is 0.467. The highest BCUT2D eigenvalue weighted by atomic mass is 16.4. The van der Waals surface area contributed by atoms with Gasteiger partial charge in [-0.1, -0.05) is 18.6 Å². The summed E-state index contributed by atoms with van der Waals surface area (Å²) in [4.78, 5) is 23.0. The van der Waals surface area contributed by atoms with Crippen LogP contribution >= 0.6 is 0 Å². The highest BCUT2D eigenvalue weighted by Gasteiger charge is 2.27. The number of carboxylic acid groups (broad SMARTS) is 1. The molecule has 1 aliphatic rings. The number of hydrogen-bond acceptors (Lipinski definition) is 3. The predicted molar refractivity (Wildman–Crippen MR) is 76.3 cm³/mol. The van der Waals surface area contributed by atoms with Gasteiger partial charge in [0.05, 0.1) is 11.5 Å². The largest absolute Gasteiger partial charge is 0.481 e. The third-order valence-electron chi connectivity index (χ3n) is 3.89. The van der Waals surface area contributed by atoms with Gasteiger partial charge in [0, 0.05) is 12.2 Å². The van der Waals surface area contributed by atoms with Crippen molar-refractivity contribution in [3.8, 4) is 0 Å². The molecule has 0 spiro atoms. The number of anilines is 1. The molecule has 5 heteroatoms. The molecule has 108 valence electrons. The molecular formula is C15H20N2O3. The maximum Gasteiger partial charge on any atom is 0.306 e. The van der Waals surface area contributed by atoms with Gasteiger partial charge >= 0.3 is 5.97 Å². The standard InChI is InChI=1S/C15H20N2O3/c16-13-7-2-1-6-12(13)14(18)17-9-10-4-3-5-11(8-10)15(19)20/h1-2,6-7,10-11H,3-5,8-9,16H2,(H,17,18)(H,19,20). The van der Waals surface area contributed by atoms with E-state index in [1.54, 1.807) is 24.3 Å². The van der Waals surface area contributed by atoms with E-state index in [1.165, 1.54) is 0 Å². The summed E-state index contributed by atoms with van der Waals surface area (Å²) >= 11 is 0. The number of nitrogen functional groups attached to an aromatic ring is 1. The fourth-order valence-electron chi connectivity index (χ4n) is 2.74. The van der Waals surface area contributed by atoms with E-state index in [0.717, 1.165) is 19.3 Å². The number of nitrogens with one attached hydrogen (secondary N) is 1. The normalized spacial score (nSPS) is 22.2. The van der Waals surface area contributed by atoms with Crippen molar-refractivity contribution in [1.29, 1.82) is 0 Å². The van der Waals surface area contributed by atoms with E-state index in [-0.39, 0.29) is 17.7 Å². The number of carbonyl (C=O) groups excluding carboxylic acids is 1. The molecule has 20 heavy (non-hydrogen) atoms. The van der Waals surface area contributed by atoms with Gasteiger partial charge in [0.15, 0.2) is 0 Å². The van der Waals surface area contributed by atoms with E-state index >= 15 is 0 Å². The Morgan fingerprint density at radius 2 is 2.05 bits per heavy atom. The fourth-order valence-corrected chi connectivity index (χ4v) is 2.74. The lowest BCUT2D eigenvalue weighted by Crippen LogP contribution is -2.33. The van der Waals surface area contributed by atoms with Gasteiger partial charge in [0.1, 0.15) is 0 Å². The molecule has 2 unspecified atom stereocenters. The zero-order valence-electron chi connectivity index (χ0n) is 11.3. The average Bonchev–Trinajstić information content (AvgIpc) is 2.45. The van der Waals surface area contributed by atoms with Crippen molar-refractivity contribution in [2.75, 3.05) is 12.3 Å². The summed E-state index contributed by atoms with van der Waals surface area (Å²) in [7, 11) is 0. The minimum atomic E-state index is -0.728. The highest BCUT2D eigenvalue weighted by Crippen LogP contribution is 2.28. The number of nitrogens with two attached hydrogens (primary N) is 1. The van der Waals surface area contributed by atoms with Gasteiger partial charge in [-0.2, -0.15) is 0 Å². The molecule has 1 amide bonds. The Labute approximate surface area is 118 Å². The monoisotopic (exact) mass is 276 g/mol. The van der Waals surface area contributed by atoms with Gasteiger partial charge < -0.3 is 16.2 Å². The van der Waals surface area contributed by atoms with E-state index in [4.69, 9.17) is 10.8 Å². The first-order chi connectivity index (χ1) is 9.58. The van der Waals surface area contributed by atoms with Crippen LogP contribution in [0, 0.1) is 11.8 Å². The molecule has 1 aromatic carbocycles. The summed E-state index contributed by atoms with van der Waals surface area (Å²) in [5.74, 6) is -0.958. The molecule has 5 nitrogen and oxygen atoms in total. The second-order valence-electron chi connectivity index (χ2n) is 5.37. The van der Waals surface area contributed by atoms with Crippen molar-refractivity contribution in [2.24, 2.45) is 11.8 Å². The van der Waals surface area contributed by atoms with Gasteiger partial charge in [0.2, 0.25) is 0 Å². The van der Waals surface area contributed by atoms with Crippen LogP contribution < -0.4 is 11.1 Å². The molecular weight excluding hydrogens is 256 g/mol. The minimum absolute atomic E-state index is 0.194. The summed E-state index contributed by atoms with van der Waals surface area (Å²) in [6, 6.07) is 6.93. The molecule has 1 aliphatic carbocycles. The van der Waals surface area contributed by atoms with E-state index in [9.17, 15) is 9.59 Å². The van der Waals surface area contributed by atoms with E-state index < -0.39 is 5.97 Å². The highest BCUT2D eigenvalue weighted by molar-refractivity contribution is 5.99. The molecule has 1 saturated carbocycles. The molecule has 1 aromatic rings. The predicted octanol–water partition coefficient (Wildman–Crippen LogP) is 1.89. The molecule has 0 aliphatic heterocycles. The Balaban J connectivity index is 1.87. The van der Waals surface area contributed by atoms with Crippen LogP contribution in [0.25, 0.3) is 0 Å². The number of carbonyl (C=O) groups is 2. The Bertz CT molecular complexity index is 502. The van der Waals surface area contributed by atoms with Crippen molar-refractivity contribution >= 4 is 17.6 Å². The average molecular weight is 276 g/mol. The molecule has 0 heterocycles. The van der Waals surface area contributed by atoms with Crippen molar-refractivity contribution in [3.63, 3.8) is 0 Å².